The monoisotopic (exact) mass is 248 g/mol. The maximum Gasteiger partial charge on any atom is 0.371 e. The van der Waals surface area contributed by atoms with Crippen LogP contribution in [0.3, 0.4) is 0 Å². The molecule has 0 saturated heterocycles. The molecule has 1 N–H and O–H groups in total. The molecule has 18 heavy (non-hydrogen) atoms. The van der Waals surface area contributed by atoms with Gasteiger partial charge in [0.25, 0.3) is 0 Å². The van der Waals surface area contributed by atoms with E-state index in [4.69, 9.17) is 14.3 Å². The van der Waals surface area contributed by atoms with Crippen LogP contribution in [0.1, 0.15) is 24.4 Å². The average Bonchev–Trinajstić information content (AvgIpc) is 2.27. The fraction of sp³-hybridized carbons (Fsp3) is 0.231. The van der Waals surface area contributed by atoms with Gasteiger partial charge >= 0.3 is 5.97 Å². The van der Waals surface area contributed by atoms with Gasteiger partial charge in [-0.25, -0.2) is 4.79 Å². The minimum Gasteiger partial charge on any atom is -0.491 e. The third kappa shape index (κ3) is 2.34. The van der Waals surface area contributed by atoms with Crippen LogP contribution < -0.4 is 10.2 Å². The van der Waals surface area contributed by atoms with Crippen molar-refractivity contribution in [3.63, 3.8) is 0 Å². The third-order valence-corrected chi connectivity index (χ3v) is 2.28. The van der Waals surface area contributed by atoms with Crippen LogP contribution in [0.5, 0.6) is 5.75 Å². The van der Waals surface area contributed by atoms with Crippen LogP contribution in [0.25, 0.3) is 11.0 Å². The Kier molecular flexibility index (Phi) is 3.06. The molecular weight excluding hydrogens is 236 g/mol. The number of carbonyl (C=O) groups is 1. The molecule has 1 aromatic heterocycles. The molecule has 94 valence electrons. The number of benzene rings is 1. The Morgan fingerprint density at radius 1 is 1.33 bits per heavy atom. The van der Waals surface area contributed by atoms with Gasteiger partial charge in [-0.1, -0.05) is 0 Å². The molecule has 0 unspecified atom stereocenters. The SMILES string of the molecule is CC(C)Oc1ccc2c(=O)cc(C(=O)O)oc2c1. The third-order valence-electron chi connectivity index (χ3n) is 2.28. The van der Waals surface area contributed by atoms with E-state index >= 15 is 0 Å². The molecule has 0 aliphatic carbocycles. The van der Waals surface area contributed by atoms with Gasteiger partial charge in [0.1, 0.15) is 11.3 Å². The summed E-state index contributed by atoms with van der Waals surface area (Å²) in [5.41, 5.74) is -0.178. The highest BCUT2D eigenvalue weighted by Crippen LogP contribution is 2.20. The summed E-state index contributed by atoms with van der Waals surface area (Å²) in [5, 5.41) is 9.15. The molecule has 0 atom stereocenters. The molecule has 1 aromatic carbocycles. The summed E-state index contributed by atoms with van der Waals surface area (Å²) in [6.07, 6.45) is -0.0168. The Bertz CT molecular complexity index is 654. The Morgan fingerprint density at radius 2 is 2.06 bits per heavy atom. The zero-order valence-corrected chi connectivity index (χ0v) is 9.97. The van der Waals surface area contributed by atoms with Gasteiger partial charge in [-0.2, -0.15) is 0 Å². The maximum atomic E-state index is 11.7. The molecule has 0 aliphatic rings. The summed E-state index contributed by atoms with van der Waals surface area (Å²) >= 11 is 0. The van der Waals surface area contributed by atoms with Crippen LogP contribution in [0.15, 0.2) is 33.5 Å². The van der Waals surface area contributed by atoms with E-state index in [0.717, 1.165) is 6.07 Å². The number of hydrogen-bond donors (Lipinski definition) is 1. The molecule has 1 heterocycles. The fourth-order valence-corrected chi connectivity index (χ4v) is 1.59. The summed E-state index contributed by atoms with van der Waals surface area (Å²) in [4.78, 5) is 22.5. The second-order valence-electron chi connectivity index (χ2n) is 4.10. The first-order valence-corrected chi connectivity index (χ1v) is 5.45. The summed E-state index contributed by atoms with van der Waals surface area (Å²) < 4.78 is 10.6. The lowest BCUT2D eigenvalue weighted by Gasteiger charge is -2.09. The number of rotatable bonds is 3. The van der Waals surface area contributed by atoms with Crippen LogP contribution in [0.4, 0.5) is 0 Å². The van der Waals surface area contributed by atoms with E-state index in [0.29, 0.717) is 11.1 Å². The Labute approximate surface area is 103 Å². The van der Waals surface area contributed by atoms with E-state index in [1.165, 1.54) is 6.07 Å². The molecule has 2 aromatic rings. The van der Waals surface area contributed by atoms with Crippen molar-refractivity contribution in [2.45, 2.75) is 20.0 Å². The zero-order chi connectivity index (χ0) is 13.3. The van der Waals surface area contributed by atoms with Crippen molar-refractivity contribution in [2.75, 3.05) is 0 Å². The largest absolute Gasteiger partial charge is 0.491 e. The first-order chi connectivity index (χ1) is 8.47. The normalized spacial score (nSPS) is 10.8. The lowest BCUT2D eigenvalue weighted by molar-refractivity contribution is 0.0663. The lowest BCUT2D eigenvalue weighted by atomic mass is 10.2. The molecule has 0 radical (unpaired) electrons. The average molecular weight is 248 g/mol. The van der Waals surface area contributed by atoms with E-state index in [1.54, 1.807) is 12.1 Å². The predicted molar refractivity (Wildman–Crippen MR) is 65.2 cm³/mol. The van der Waals surface area contributed by atoms with Crippen molar-refractivity contribution in [2.24, 2.45) is 0 Å². The van der Waals surface area contributed by atoms with Gasteiger partial charge in [-0.05, 0) is 26.0 Å². The zero-order valence-electron chi connectivity index (χ0n) is 9.97. The highest BCUT2D eigenvalue weighted by Gasteiger charge is 2.11. The summed E-state index contributed by atoms with van der Waals surface area (Å²) in [6, 6.07) is 5.70. The minimum absolute atomic E-state index is 0.0168. The Morgan fingerprint density at radius 3 is 2.67 bits per heavy atom. The second kappa shape index (κ2) is 4.52. The van der Waals surface area contributed by atoms with Gasteiger partial charge in [0, 0.05) is 12.1 Å². The standard InChI is InChI=1S/C13H12O5/c1-7(2)17-8-3-4-9-10(14)6-12(13(15)16)18-11(9)5-8/h3-7H,1-2H3,(H,15,16). The molecule has 0 bridgehead atoms. The van der Waals surface area contributed by atoms with Crippen LogP contribution in [-0.4, -0.2) is 17.2 Å². The van der Waals surface area contributed by atoms with Gasteiger partial charge in [-0.15, -0.1) is 0 Å². The smallest absolute Gasteiger partial charge is 0.371 e. The predicted octanol–water partition coefficient (Wildman–Crippen LogP) is 2.28. The molecule has 0 saturated carbocycles. The maximum absolute atomic E-state index is 11.7. The quantitative estimate of drug-likeness (QED) is 0.901. The van der Waals surface area contributed by atoms with Crippen molar-refractivity contribution in [3.8, 4) is 5.75 Å². The highest BCUT2D eigenvalue weighted by atomic mass is 16.5. The van der Waals surface area contributed by atoms with E-state index in [9.17, 15) is 9.59 Å². The van der Waals surface area contributed by atoms with Crippen molar-refractivity contribution >= 4 is 16.9 Å². The fourth-order valence-electron chi connectivity index (χ4n) is 1.59. The van der Waals surface area contributed by atoms with Crippen LogP contribution in [0.2, 0.25) is 0 Å². The number of fused-ring (bicyclic) bond motifs is 1. The molecule has 5 nitrogen and oxygen atoms in total. The van der Waals surface area contributed by atoms with E-state index in [1.807, 2.05) is 13.8 Å². The van der Waals surface area contributed by atoms with E-state index in [2.05, 4.69) is 0 Å². The summed E-state index contributed by atoms with van der Waals surface area (Å²) in [6.45, 7) is 3.74. The van der Waals surface area contributed by atoms with Gasteiger partial charge in [0.15, 0.2) is 5.43 Å². The van der Waals surface area contributed by atoms with Gasteiger partial charge < -0.3 is 14.3 Å². The summed E-state index contributed by atoms with van der Waals surface area (Å²) in [7, 11) is 0. The van der Waals surface area contributed by atoms with E-state index in [-0.39, 0.29) is 22.9 Å². The van der Waals surface area contributed by atoms with E-state index < -0.39 is 5.97 Å². The molecule has 0 amide bonds. The van der Waals surface area contributed by atoms with Gasteiger partial charge in [-0.3, -0.25) is 4.79 Å². The van der Waals surface area contributed by atoms with Crippen molar-refractivity contribution in [3.05, 3.63) is 40.2 Å². The molecule has 0 aliphatic heterocycles. The van der Waals surface area contributed by atoms with Crippen molar-refractivity contribution in [1.82, 2.24) is 0 Å². The van der Waals surface area contributed by atoms with Crippen LogP contribution in [0, 0.1) is 0 Å². The van der Waals surface area contributed by atoms with Gasteiger partial charge in [0.2, 0.25) is 5.76 Å². The Hall–Kier alpha value is -2.30. The molecule has 0 fully saturated rings. The van der Waals surface area contributed by atoms with Crippen molar-refractivity contribution in [1.29, 1.82) is 0 Å². The molecular formula is C13H12O5. The number of ether oxygens (including phenoxy) is 1. The Balaban J connectivity index is 2.60. The number of aromatic carboxylic acids is 1. The molecule has 0 spiro atoms. The number of hydrogen-bond acceptors (Lipinski definition) is 4. The highest BCUT2D eigenvalue weighted by molar-refractivity contribution is 5.87. The summed E-state index contributed by atoms with van der Waals surface area (Å²) in [5.74, 6) is -1.12. The topological polar surface area (TPSA) is 76.7 Å². The number of carboxylic acid groups (broad SMARTS) is 1. The van der Waals surface area contributed by atoms with Gasteiger partial charge in [0.05, 0.1) is 11.5 Å². The van der Waals surface area contributed by atoms with Crippen LogP contribution >= 0.6 is 0 Å². The first-order valence-electron chi connectivity index (χ1n) is 5.45. The minimum atomic E-state index is -1.27. The first kappa shape index (κ1) is 12.2. The van der Waals surface area contributed by atoms with Crippen LogP contribution in [-0.2, 0) is 0 Å². The molecule has 2 rings (SSSR count). The lowest BCUT2D eigenvalue weighted by Crippen LogP contribution is -2.08. The molecule has 5 heteroatoms. The second-order valence-corrected chi connectivity index (χ2v) is 4.10. The van der Waals surface area contributed by atoms with Crippen molar-refractivity contribution < 1.29 is 19.1 Å². The number of carboxylic acids is 1.